The van der Waals surface area contributed by atoms with Crippen molar-refractivity contribution >= 4 is 5.69 Å². The fraction of sp³-hybridized carbons (Fsp3) is 0.500. The van der Waals surface area contributed by atoms with Gasteiger partial charge in [0, 0.05) is 6.04 Å². The van der Waals surface area contributed by atoms with Crippen LogP contribution in [-0.2, 0) is 0 Å². The quantitative estimate of drug-likeness (QED) is 0.846. The molecule has 3 heteroatoms. The molecule has 2 nitrogen and oxygen atoms in total. The number of nitriles is 1. The van der Waals surface area contributed by atoms with Crippen LogP contribution in [0.4, 0.5) is 10.1 Å². The Morgan fingerprint density at radius 1 is 1.29 bits per heavy atom. The Balaban J connectivity index is 1.75. The molecule has 1 aromatic carbocycles. The first kappa shape index (κ1) is 10.6. The Morgan fingerprint density at radius 3 is 2.76 bits per heavy atom. The van der Waals surface area contributed by atoms with E-state index < -0.39 is 0 Å². The monoisotopic (exact) mass is 230 g/mol. The normalized spacial score (nSPS) is 30.2. The Hall–Kier alpha value is -1.56. The van der Waals surface area contributed by atoms with E-state index in [0.717, 1.165) is 11.8 Å². The summed E-state index contributed by atoms with van der Waals surface area (Å²) in [6, 6.07) is 7.02. The maximum absolute atomic E-state index is 13.7. The van der Waals surface area contributed by atoms with Crippen molar-refractivity contribution in [3.05, 3.63) is 29.6 Å². The SMILES string of the molecule is N#Cc1ccc(NC2CC3CCC2C3)c(F)c1. The highest BCUT2D eigenvalue weighted by atomic mass is 19.1. The van der Waals surface area contributed by atoms with Crippen LogP contribution in [0.25, 0.3) is 0 Å². The lowest BCUT2D eigenvalue weighted by atomic mass is 9.95. The largest absolute Gasteiger partial charge is 0.380 e. The minimum Gasteiger partial charge on any atom is -0.380 e. The van der Waals surface area contributed by atoms with Gasteiger partial charge in [-0.15, -0.1) is 0 Å². The number of nitrogens with one attached hydrogen (secondary N) is 1. The predicted octanol–water partition coefficient (Wildman–Crippen LogP) is 3.30. The summed E-state index contributed by atoms with van der Waals surface area (Å²) in [7, 11) is 0. The van der Waals surface area contributed by atoms with E-state index in [0.29, 0.717) is 17.3 Å². The molecule has 3 atom stereocenters. The van der Waals surface area contributed by atoms with Crippen LogP contribution in [0.5, 0.6) is 0 Å². The molecule has 0 heterocycles. The third-order valence-corrected chi connectivity index (χ3v) is 4.18. The molecule has 0 radical (unpaired) electrons. The summed E-state index contributed by atoms with van der Waals surface area (Å²) in [5.74, 6) is 1.25. The average molecular weight is 230 g/mol. The summed E-state index contributed by atoms with van der Waals surface area (Å²) >= 11 is 0. The first-order valence-electron chi connectivity index (χ1n) is 6.22. The molecule has 1 aromatic rings. The number of hydrogen-bond acceptors (Lipinski definition) is 2. The highest BCUT2D eigenvalue weighted by molar-refractivity contribution is 5.49. The van der Waals surface area contributed by atoms with E-state index >= 15 is 0 Å². The Kier molecular flexibility index (Phi) is 2.51. The Bertz CT molecular complexity index is 478. The van der Waals surface area contributed by atoms with Crippen molar-refractivity contribution < 1.29 is 4.39 Å². The summed E-state index contributed by atoms with van der Waals surface area (Å²) in [6.45, 7) is 0. The summed E-state index contributed by atoms with van der Waals surface area (Å²) in [6.07, 6.45) is 5.10. The van der Waals surface area contributed by atoms with Crippen LogP contribution in [0.3, 0.4) is 0 Å². The van der Waals surface area contributed by atoms with Crippen LogP contribution in [-0.4, -0.2) is 6.04 Å². The van der Waals surface area contributed by atoms with E-state index in [2.05, 4.69) is 5.32 Å². The molecule has 3 unspecified atom stereocenters. The average Bonchev–Trinajstić information content (AvgIpc) is 2.93. The van der Waals surface area contributed by atoms with Gasteiger partial charge in [-0.3, -0.25) is 0 Å². The summed E-state index contributed by atoms with van der Waals surface area (Å²) in [5.41, 5.74) is 0.919. The van der Waals surface area contributed by atoms with Gasteiger partial charge in [-0.25, -0.2) is 4.39 Å². The minimum absolute atomic E-state index is 0.313. The molecule has 2 aliphatic rings. The molecule has 1 N–H and O–H groups in total. The molecule has 2 saturated carbocycles. The molecule has 0 aromatic heterocycles. The van der Waals surface area contributed by atoms with Gasteiger partial charge in [0.1, 0.15) is 5.82 Å². The van der Waals surface area contributed by atoms with Crippen LogP contribution < -0.4 is 5.32 Å². The lowest BCUT2D eigenvalue weighted by Crippen LogP contribution is -2.26. The maximum Gasteiger partial charge on any atom is 0.147 e. The van der Waals surface area contributed by atoms with Crippen molar-refractivity contribution in [2.75, 3.05) is 5.32 Å². The fourth-order valence-electron chi connectivity index (χ4n) is 3.32. The lowest BCUT2D eigenvalue weighted by molar-refractivity contribution is 0.438. The smallest absolute Gasteiger partial charge is 0.147 e. The number of halogens is 1. The molecule has 88 valence electrons. The van der Waals surface area contributed by atoms with Gasteiger partial charge in [0.2, 0.25) is 0 Å². The summed E-state index contributed by atoms with van der Waals surface area (Å²) < 4.78 is 13.7. The number of anilines is 1. The molecule has 0 amide bonds. The predicted molar refractivity (Wildman–Crippen MR) is 64.0 cm³/mol. The van der Waals surface area contributed by atoms with Crippen LogP contribution in [0.15, 0.2) is 18.2 Å². The molecule has 3 rings (SSSR count). The molecule has 17 heavy (non-hydrogen) atoms. The molecule has 2 aliphatic carbocycles. The number of rotatable bonds is 2. The van der Waals surface area contributed by atoms with Gasteiger partial charge in [-0.05, 0) is 49.3 Å². The van der Waals surface area contributed by atoms with Crippen LogP contribution in [0.2, 0.25) is 0 Å². The molecule has 0 spiro atoms. The lowest BCUT2D eigenvalue weighted by Gasteiger charge is -2.24. The number of fused-ring (bicyclic) bond motifs is 2. The van der Waals surface area contributed by atoms with Crippen molar-refractivity contribution in [3.63, 3.8) is 0 Å². The minimum atomic E-state index is -0.313. The van der Waals surface area contributed by atoms with Crippen LogP contribution in [0, 0.1) is 29.0 Å². The zero-order valence-electron chi connectivity index (χ0n) is 9.62. The van der Waals surface area contributed by atoms with Gasteiger partial charge in [-0.2, -0.15) is 5.26 Å². The highest BCUT2D eigenvalue weighted by Gasteiger charge is 2.39. The molecular formula is C14H15FN2. The van der Waals surface area contributed by atoms with Gasteiger partial charge < -0.3 is 5.32 Å². The van der Waals surface area contributed by atoms with E-state index in [4.69, 9.17) is 5.26 Å². The van der Waals surface area contributed by atoms with Crippen molar-refractivity contribution in [1.29, 1.82) is 5.26 Å². The number of hydrogen-bond donors (Lipinski definition) is 1. The van der Waals surface area contributed by atoms with E-state index in [1.807, 2.05) is 6.07 Å². The third kappa shape index (κ3) is 1.88. The summed E-state index contributed by atoms with van der Waals surface area (Å²) in [5, 5.41) is 12.0. The van der Waals surface area contributed by atoms with Gasteiger partial charge in [-0.1, -0.05) is 6.42 Å². The van der Waals surface area contributed by atoms with E-state index in [1.165, 1.54) is 31.7 Å². The van der Waals surface area contributed by atoms with E-state index in [9.17, 15) is 4.39 Å². The number of nitrogens with zero attached hydrogens (tertiary/aromatic N) is 1. The van der Waals surface area contributed by atoms with Gasteiger partial charge >= 0.3 is 0 Å². The summed E-state index contributed by atoms with van der Waals surface area (Å²) in [4.78, 5) is 0. The van der Waals surface area contributed by atoms with Crippen molar-refractivity contribution in [3.8, 4) is 6.07 Å². The zero-order chi connectivity index (χ0) is 11.8. The fourth-order valence-corrected chi connectivity index (χ4v) is 3.32. The van der Waals surface area contributed by atoms with Crippen LogP contribution in [0.1, 0.15) is 31.2 Å². The van der Waals surface area contributed by atoms with E-state index in [1.54, 1.807) is 12.1 Å². The second-order valence-corrected chi connectivity index (χ2v) is 5.23. The van der Waals surface area contributed by atoms with Crippen molar-refractivity contribution in [2.24, 2.45) is 11.8 Å². The molecular weight excluding hydrogens is 215 g/mol. The topological polar surface area (TPSA) is 35.8 Å². The Morgan fingerprint density at radius 2 is 2.18 bits per heavy atom. The van der Waals surface area contributed by atoms with E-state index in [-0.39, 0.29) is 5.82 Å². The Labute approximate surface area is 100 Å². The second-order valence-electron chi connectivity index (χ2n) is 5.23. The molecule has 0 saturated heterocycles. The molecule has 2 bridgehead atoms. The second kappa shape index (κ2) is 4.03. The zero-order valence-corrected chi connectivity index (χ0v) is 9.62. The van der Waals surface area contributed by atoms with Crippen molar-refractivity contribution in [2.45, 2.75) is 31.7 Å². The first-order chi connectivity index (χ1) is 8.26. The maximum atomic E-state index is 13.7. The molecule has 2 fully saturated rings. The van der Waals surface area contributed by atoms with Gasteiger partial charge in [0.25, 0.3) is 0 Å². The van der Waals surface area contributed by atoms with Crippen LogP contribution >= 0.6 is 0 Å². The first-order valence-corrected chi connectivity index (χ1v) is 6.22. The van der Waals surface area contributed by atoms with Gasteiger partial charge in [0.15, 0.2) is 0 Å². The van der Waals surface area contributed by atoms with Gasteiger partial charge in [0.05, 0.1) is 17.3 Å². The standard InChI is InChI=1S/C14H15FN2/c15-12-6-10(8-16)2-4-13(12)17-14-7-9-1-3-11(14)5-9/h2,4,6,9,11,14,17H,1,3,5,7H2. The highest BCUT2D eigenvalue weighted by Crippen LogP contribution is 2.45. The van der Waals surface area contributed by atoms with Crippen molar-refractivity contribution in [1.82, 2.24) is 0 Å². The third-order valence-electron chi connectivity index (χ3n) is 4.18. The number of benzene rings is 1. The molecule has 0 aliphatic heterocycles.